The molecule has 0 amide bonds. The Hall–Kier alpha value is -0.690. The smallest absolute Gasteiger partial charge is 0.306 e. The lowest BCUT2D eigenvalue weighted by Gasteiger charge is -2.42. The number of ether oxygens (including phenoxy) is 1. The largest absolute Gasteiger partial charge is 0.458 e. The van der Waals surface area contributed by atoms with E-state index in [1.165, 1.54) is 0 Å². The summed E-state index contributed by atoms with van der Waals surface area (Å²) in [6, 6.07) is -0.443. The van der Waals surface area contributed by atoms with E-state index >= 15 is 0 Å². The Labute approximate surface area is 106 Å². The molecule has 2 fully saturated rings. The molecule has 0 radical (unpaired) electrons. The van der Waals surface area contributed by atoms with E-state index in [4.69, 9.17) is 4.74 Å². The molecule has 0 spiro atoms. The van der Waals surface area contributed by atoms with Crippen molar-refractivity contribution in [3.8, 4) is 0 Å². The lowest BCUT2D eigenvalue weighted by atomic mass is 9.93. The Kier molecular flexibility index (Phi) is 4.21. The van der Waals surface area contributed by atoms with Crippen molar-refractivity contribution in [3.63, 3.8) is 0 Å². The molecule has 0 aromatic heterocycles. The summed E-state index contributed by atoms with van der Waals surface area (Å²) in [5.41, 5.74) is 0. The number of rotatable bonds is 3. The fourth-order valence-corrected chi connectivity index (χ4v) is 2.82. The van der Waals surface area contributed by atoms with Crippen molar-refractivity contribution in [1.29, 1.82) is 0 Å². The molecular formula is C12H21NO5. The second kappa shape index (κ2) is 5.52. The Morgan fingerprint density at radius 1 is 1.33 bits per heavy atom. The summed E-state index contributed by atoms with van der Waals surface area (Å²) in [6.45, 7) is 2.90. The van der Waals surface area contributed by atoms with Crippen LogP contribution < -0.4 is 0 Å². The minimum atomic E-state index is -1.13. The van der Waals surface area contributed by atoms with Crippen LogP contribution in [0.25, 0.3) is 0 Å². The Balaban J connectivity index is 2.00. The van der Waals surface area contributed by atoms with Crippen molar-refractivity contribution in [2.75, 3.05) is 13.1 Å². The number of nitrogens with zero attached hydrogens (tertiary/aromatic N) is 1. The van der Waals surface area contributed by atoms with Gasteiger partial charge in [-0.25, -0.2) is 0 Å². The van der Waals surface area contributed by atoms with Crippen molar-refractivity contribution < 1.29 is 24.9 Å². The van der Waals surface area contributed by atoms with Crippen LogP contribution in [-0.2, 0) is 9.53 Å². The Morgan fingerprint density at radius 3 is 2.72 bits per heavy atom. The molecule has 0 saturated carbocycles. The molecule has 2 aliphatic heterocycles. The fraction of sp³-hybridized carbons (Fsp3) is 0.917. The van der Waals surface area contributed by atoms with Crippen LogP contribution in [-0.4, -0.2) is 69.7 Å². The highest BCUT2D eigenvalue weighted by atomic mass is 16.6. The fourth-order valence-electron chi connectivity index (χ4n) is 2.82. The highest BCUT2D eigenvalue weighted by molar-refractivity contribution is 5.69. The SMILES string of the molecule is CCCC(=O)O[C@@H]1CN2CC[C@H](O)[C@H]2[C@H](O)[C@H]1O. The molecule has 2 rings (SSSR count). The van der Waals surface area contributed by atoms with Gasteiger partial charge in [0.1, 0.15) is 18.3 Å². The van der Waals surface area contributed by atoms with Gasteiger partial charge in [-0.05, 0) is 12.8 Å². The van der Waals surface area contributed by atoms with Crippen molar-refractivity contribution in [2.45, 2.75) is 56.6 Å². The average Bonchev–Trinajstić information content (AvgIpc) is 2.67. The summed E-state index contributed by atoms with van der Waals surface area (Å²) >= 11 is 0. The molecule has 0 unspecified atom stereocenters. The number of hydrogen-bond donors (Lipinski definition) is 3. The summed E-state index contributed by atoms with van der Waals surface area (Å²) in [5.74, 6) is -0.355. The van der Waals surface area contributed by atoms with Gasteiger partial charge in [-0.2, -0.15) is 0 Å². The number of aliphatic hydroxyl groups is 3. The van der Waals surface area contributed by atoms with E-state index in [1.54, 1.807) is 0 Å². The molecule has 6 heteroatoms. The summed E-state index contributed by atoms with van der Waals surface area (Å²) in [6.07, 6.45) is -1.96. The molecule has 104 valence electrons. The number of aliphatic hydroxyl groups excluding tert-OH is 3. The Morgan fingerprint density at radius 2 is 2.06 bits per heavy atom. The van der Waals surface area contributed by atoms with E-state index in [2.05, 4.69) is 0 Å². The maximum absolute atomic E-state index is 11.4. The molecule has 0 bridgehead atoms. The molecule has 0 aromatic carbocycles. The minimum Gasteiger partial charge on any atom is -0.458 e. The maximum atomic E-state index is 11.4. The van der Waals surface area contributed by atoms with Crippen LogP contribution >= 0.6 is 0 Å². The van der Waals surface area contributed by atoms with Gasteiger partial charge in [0.05, 0.1) is 12.1 Å². The lowest BCUT2D eigenvalue weighted by Crippen LogP contribution is -2.62. The first-order valence-electron chi connectivity index (χ1n) is 6.52. The standard InChI is InChI=1S/C12H21NO5/c1-2-3-9(15)18-8-6-13-5-4-7(14)10(13)12(17)11(8)16/h7-8,10-12,14,16-17H,2-6H2,1H3/t7-,8+,10-,11-,12-/m0/s1. The maximum Gasteiger partial charge on any atom is 0.306 e. The van der Waals surface area contributed by atoms with Crippen molar-refractivity contribution in [2.24, 2.45) is 0 Å². The van der Waals surface area contributed by atoms with Gasteiger partial charge >= 0.3 is 5.97 Å². The van der Waals surface area contributed by atoms with Gasteiger partial charge < -0.3 is 20.1 Å². The van der Waals surface area contributed by atoms with E-state index < -0.39 is 30.5 Å². The summed E-state index contributed by atoms with van der Waals surface area (Å²) in [5, 5.41) is 29.7. The second-order valence-electron chi connectivity index (χ2n) is 5.10. The van der Waals surface area contributed by atoms with E-state index in [-0.39, 0.29) is 5.97 Å². The zero-order valence-electron chi connectivity index (χ0n) is 10.5. The van der Waals surface area contributed by atoms with E-state index in [0.29, 0.717) is 32.4 Å². The van der Waals surface area contributed by atoms with Crippen LogP contribution in [0.4, 0.5) is 0 Å². The molecule has 3 N–H and O–H groups in total. The van der Waals surface area contributed by atoms with Crippen LogP contribution in [0.2, 0.25) is 0 Å². The summed E-state index contributed by atoms with van der Waals surface area (Å²) < 4.78 is 5.19. The highest BCUT2D eigenvalue weighted by Gasteiger charge is 2.49. The zero-order valence-corrected chi connectivity index (χ0v) is 10.5. The second-order valence-corrected chi connectivity index (χ2v) is 5.10. The number of carbonyl (C=O) groups is 1. The predicted octanol–water partition coefficient (Wildman–Crippen LogP) is -1.13. The van der Waals surface area contributed by atoms with E-state index in [9.17, 15) is 20.1 Å². The van der Waals surface area contributed by atoms with Crippen LogP contribution in [0.15, 0.2) is 0 Å². The van der Waals surface area contributed by atoms with Crippen molar-refractivity contribution in [3.05, 3.63) is 0 Å². The molecule has 6 nitrogen and oxygen atoms in total. The van der Waals surface area contributed by atoms with Crippen molar-refractivity contribution in [1.82, 2.24) is 4.90 Å². The molecular weight excluding hydrogens is 238 g/mol. The van der Waals surface area contributed by atoms with Crippen LogP contribution in [0.1, 0.15) is 26.2 Å². The number of hydrogen-bond acceptors (Lipinski definition) is 6. The van der Waals surface area contributed by atoms with Crippen LogP contribution in [0.5, 0.6) is 0 Å². The summed E-state index contributed by atoms with van der Waals surface area (Å²) in [7, 11) is 0. The van der Waals surface area contributed by atoms with Gasteiger partial charge in [-0.1, -0.05) is 6.92 Å². The summed E-state index contributed by atoms with van der Waals surface area (Å²) in [4.78, 5) is 13.3. The minimum absolute atomic E-state index is 0.311. The first-order valence-corrected chi connectivity index (χ1v) is 6.52. The first kappa shape index (κ1) is 13.7. The van der Waals surface area contributed by atoms with Crippen molar-refractivity contribution >= 4 is 5.97 Å². The molecule has 2 saturated heterocycles. The van der Waals surface area contributed by atoms with Gasteiger partial charge in [-0.3, -0.25) is 9.69 Å². The number of fused-ring (bicyclic) bond motifs is 1. The number of piperidine rings is 1. The highest BCUT2D eigenvalue weighted by Crippen LogP contribution is 2.29. The van der Waals surface area contributed by atoms with E-state index in [1.807, 2.05) is 11.8 Å². The zero-order chi connectivity index (χ0) is 13.3. The third kappa shape index (κ3) is 2.51. The van der Waals surface area contributed by atoms with Gasteiger partial charge in [0.15, 0.2) is 0 Å². The normalized spacial score (nSPS) is 40.6. The lowest BCUT2D eigenvalue weighted by molar-refractivity contribution is -0.178. The van der Waals surface area contributed by atoms with Crippen LogP contribution in [0, 0.1) is 0 Å². The molecule has 5 atom stereocenters. The molecule has 0 aliphatic carbocycles. The molecule has 2 aliphatic rings. The third-order valence-electron chi connectivity index (χ3n) is 3.76. The quantitative estimate of drug-likeness (QED) is 0.556. The first-order chi connectivity index (χ1) is 8.54. The molecule has 0 aromatic rings. The monoisotopic (exact) mass is 259 g/mol. The van der Waals surface area contributed by atoms with Crippen LogP contribution in [0.3, 0.4) is 0 Å². The third-order valence-corrected chi connectivity index (χ3v) is 3.76. The van der Waals surface area contributed by atoms with Gasteiger partial charge in [0.25, 0.3) is 0 Å². The predicted molar refractivity (Wildman–Crippen MR) is 62.8 cm³/mol. The average molecular weight is 259 g/mol. The topological polar surface area (TPSA) is 90.2 Å². The Bertz CT molecular complexity index is 311. The van der Waals surface area contributed by atoms with Gasteiger partial charge in [0.2, 0.25) is 0 Å². The number of esters is 1. The number of carbonyl (C=O) groups excluding carboxylic acids is 1. The van der Waals surface area contributed by atoms with Gasteiger partial charge in [0, 0.05) is 19.5 Å². The van der Waals surface area contributed by atoms with Gasteiger partial charge in [-0.15, -0.1) is 0 Å². The molecule has 2 heterocycles. The molecule has 18 heavy (non-hydrogen) atoms. The van der Waals surface area contributed by atoms with E-state index in [0.717, 1.165) is 0 Å².